The monoisotopic (exact) mass is 529 g/mol. The van der Waals surface area contributed by atoms with Gasteiger partial charge in [-0.05, 0) is 53.8 Å². The molecule has 1 heterocycles. The minimum absolute atomic E-state index is 0.0186. The molecule has 0 saturated carbocycles. The van der Waals surface area contributed by atoms with Crippen LogP contribution >= 0.6 is 0 Å². The normalized spacial score (nSPS) is 12.8. The molecule has 4 aromatic carbocycles. The molecule has 5 aromatic rings. The third kappa shape index (κ3) is 7.28. The summed E-state index contributed by atoms with van der Waals surface area (Å²) in [4.78, 5) is 16.8. The molecule has 0 aliphatic heterocycles. The van der Waals surface area contributed by atoms with Gasteiger partial charge in [0.25, 0.3) is 0 Å². The van der Waals surface area contributed by atoms with Crippen molar-refractivity contribution in [1.82, 2.24) is 15.6 Å². The van der Waals surface area contributed by atoms with E-state index in [2.05, 4.69) is 52.0 Å². The smallest absolute Gasteiger partial charge is 0.237 e. The lowest BCUT2D eigenvalue weighted by atomic mass is 10.0. The van der Waals surface area contributed by atoms with Crippen molar-refractivity contribution in [1.29, 1.82) is 0 Å². The summed E-state index contributed by atoms with van der Waals surface area (Å²) in [5.74, 6) is 0.817. The van der Waals surface area contributed by atoms with E-state index in [4.69, 9.17) is 4.74 Å². The SMILES string of the molecule is CC(NC(=O)C(Cc1c[nH]c2ccccc12)NC/C=C/c1ccc(OCc2ccccc2)cc1)c1ccccc1. The third-order valence-corrected chi connectivity index (χ3v) is 6.99. The van der Waals surface area contributed by atoms with Gasteiger partial charge in [0.1, 0.15) is 12.4 Å². The van der Waals surface area contributed by atoms with E-state index in [0.717, 1.165) is 38.9 Å². The van der Waals surface area contributed by atoms with Crippen molar-refractivity contribution < 1.29 is 9.53 Å². The first-order valence-electron chi connectivity index (χ1n) is 13.7. The number of fused-ring (bicyclic) bond motifs is 1. The van der Waals surface area contributed by atoms with E-state index in [1.54, 1.807) is 0 Å². The molecule has 0 bridgehead atoms. The van der Waals surface area contributed by atoms with Crippen molar-refractivity contribution in [2.24, 2.45) is 0 Å². The molecular formula is C35H35N3O2. The van der Waals surface area contributed by atoms with Gasteiger partial charge in [-0.2, -0.15) is 0 Å². The summed E-state index contributed by atoms with van der Waals surface area (Å²) in [6.45, 7) is 3.12. The Morgan fingerprint density at radius 2 is 1.57 bits per heavy atom. The number of ether oxygens (including phenoxy) is 1. The number of nitrogens with one attached hydrogen (secondary N) is 3. The van der Waals surface area contributed by atoms with E-state index < -0.39 is 0 Å². The van der Waals surface area contributed by atoms with Crippen LogP contribution in [0.15, 0.2) is 121 Å². The summed E-state index contributed by atoms with van der Waals surface area (Å²) < 4.78 is 5.89. The molecule has 0 saturated heterocycles. The van der Waals surface area contributed by atoms with Crippen molar-refractivity contribution in [3.05, 3.63) is 144 Å². The van der Waals surface area contributed by atoms with Crippen LogP contribution in [0.4, 0.5) is 0 Å². The van der Waals surface area contributed by atoms with Crippen LogP contribution < -0.4 is 15.4 Å². The predicted molar refractivity (Wildman–Crippen MR) is 163 cm³/mol. The molecule has 0 radical (unpaired) electrons. The van der Waals surface area contributed by atoms with Gasteiger partial charge in [-0.3, -0.25) is 4.79 Å². The number of rotatable bonds is 12. The number of hydrogen-bond donors (Lipinski definition) is 3. The highest BCUT2D eigenvalue weighted by molar-refractivity contribution is 5.86. The highest BCUT2D eigenvalue weighted by atomic mass is 16.5. The van der Waals surface area contributed by atoms with Gasteiger partial charge in [0.05, 0.1) is 12.1 Å². The quantitative estimate of drug-likeness (QED) is 0.166. The average Bonchev–Trinajstić information content (AvgIpc) is 3.42. The fourth-order valence-corrected chi connectivity index (χ4v) is 4.74. The molecule has 202 valence electrons. The zero-order chi connectivity index (χ0) is 27.6. The molecule has 0 spiro atoms. The third-order valence-electron chi connectivity index (χ3n) is 6.99. The van der Waals surface area contributed by atoms with Gasteiger partial charge in [-0.15, -0.1) is 0 Å². The molecule has 5 nitrogen and oxygen atoms in total. The van der Waals surface area contributed by atoms with Crippen LogP contribution in [-0.2, 0) is 17.8 Å². The molecule has 2 unspecified atom stereocenters. The van der Waals surface area contributed by atoms with Gasteiger partial charge in [-0.1, -0.05) is 103 Å². The molecule has 1 aromatic heterocycles. The van der Waals surface area contributed by atoms with E-state index in [1.165, 1.54) is 0 Å². The Bertz CT molecular complexity index is 1530. The van der Waals surface area contributed by atoms with Crippen molar-refractivity contribution in [2.45, 2.75) is 32.0 Å². The lowest BCUT2D eigenvalue weighted by Crippen LogP contribution is -2.46. The highest BCUT2D eigenvalue weighted by Gasteiger charge is 2.21. The number of H-pyrrole nitrogens is 1. The van der Waals surface area contributed by atoms with Crippen molar-refractivity contribution in [3.63, 3.8) is 0 Å². The molecule has 5 rings (SSSR count). The molecule has 40 heavy (non-hydrogen) atoms. The van der Waals surface area contributed by atoms with Crippen LogP contribution in [0.2, 0.25) is 0 Å². The minimum atomic E-state index is -0.385. The Labute approximate surface area is 235 Å². The zero-order valence-electron chi connectivity index (χ0n) is 22.7. The lowest BCUT2D eigenvalue weighted by Gasteiger charge is -2.21. The summed E-state index contributed by atoms with van der Waals surface area (Å²) in [6.07, 6.45) is 6.69. The summed E-state index contributed by atoms with van der Waals surface area (Å²) in [5.41, 5.74) is 5.49. The second-order valence-corrected chi connectivity index (χ2v) is 9.91. The lowest BCUT2D eigenvalue weighted by molar-refractivity contribution is -0.123. The maximum Gasteiger partial charge on any atom is 0.237 e. The van der Waals surface area contributed by atoms with Crippen LogP contribution in [0.25, 0.3) is 17.0 Å². The number of amides is 1. The summed E-state index contributed by atoms with van der Waals surface area (Å²) in [7, 11) is 0. The van der Waals surface area contributed by atoms with Gasteiger partial charge in [0.2, 0.25) is 5.91 Å². The fourth-order valence-electron chi connectivity index (χ4n) is 4.74. The average molecular weight is 530 g/mol. The highest BCUT2D eigenvalue weighted by Crippen LogP contribution is 2.20. The molecule has 0 aliphatic carbocycles. The van der Waals surface area contributed by atoms with Gasteiger partial charge >= 0.3 is 0 Å². The van der Waals surface area contributed by atoms with Crippen molar-refractivity contribution >= 4 is 22.9 Å². The Morgan fingerprint density at radius 3 is 2.35 bits per heavy atom. The molecule has 2 atom stereocenters. The number of aromatic nitrogens is 1. The van der Waals surface area contributed by atoms with Crippen LogP contribution in [-0.4, -0.2) is 23.5 Å². The number of benzene rings is 4. The number of hydrogen-bond acceptors (Lipinski definition) is 3. The zero-order valence-corrected chi connectivity index (χ0v) is 22.7. The molecule has 1 amide bonds. The van der Waals surface area contributed by atoms with E-state index in [-0.39, 0.29) is 18.0 Å². The van der Waals surface area contributed by atoms with E-state index >= 15 is 0 Å². The van der Waals surface area contributed by atoms with E-state index in [1.807, 2.05) is 98.0 Å². The van der Waals surface area contributed by atoms with Crippen LogP contribution in [0.3, 0.4) is 0 Å². The number of carbonyl (C=O) groups is 1. The predicted octanol–water partition coefficient (Wildman–Crippen LogP) is 6.84. The second kappa shape index (κ2) is 13.5. The standard InChI is InChI=1S/C35H35N3O2/c1-26(29-14-6-3-7-15-29)38-35(39)34(23-30-24-37-33-17-9-8-16-32(30)33)36-22-10-13-27-18-20-31(21-19-27)40-25-28-11-4-2-5-12-28/h2-21,24,26,34,36-37H,22-23,25H2,1H3,(H,38,39)/b13-10+. The Hall–Kier alpha value is -4.61. The first kappa shape index (κ1) is 27.0. The maximum absolute atomic E-state index is 13.4. The maximum atomic E-state index is 13.4. The van der Waals surface area contributed by atoms with Crippen LogP contribution in [0.1, 0.15) is 35.2 Å². The Kier molecular flexibility index (Phi) is 9.07. The first-order valence-corrected chi connectivity index (χ1v) is 13.7. The molecule has 5 heteroatoms. The minimum Gasteiger partial charge on any atom is -0.489 e. The van der Waals surface area contributed by atoms with E-state index in [0.29, 0.717) is 19.6 Å². The molecular weight excluding hydrogens is 494 g/mol. The largest absolute Gasteiger partial charge is 0.489 e. The van der Waals surface area contributed by atoms with Crippen molar-refractivity contribution in [2.75, 3.05) is 6.54 Å². The Balaban J connectivity index is 1.20. The molecule has 3 N–H and O–H groups in total. The Morgan fingerprint density at radius 1 is 0.875 bits per heavy atom. The van der Waals surface area contributed by atoms with Gasteiger partial charge in [0, 0.05) is 23.6 Å². The second-order valence-electron chi connectivity index (χ2n) is 9.91. The molecule has 0 aliphatic rings. The van der Waals surface area contributed by atoms with Crippen molar-refractivity contribution in [3.8, 4) is 5.75 Å². The number of para-hydroxylation sites is 1. The summed E-state index contributed by atoms with van der Waals surface area (Å²) in [6, 6.07) is 35.9. The fraction of sp³-hybridized carbons (Fsp3) is 0.171. The summed E-state index contributed by atoms with van der Waals surface area (Å²) in [5, 5.41) is 7.80. The topological polar surface area (TPSA) is 66.2 Å². The number of carbonyl (C=O) groups excluding carboxylic acids is 1. The summed E-state index contributed by atoms with van der Waals surface area (Å²) >= 11 is 0. The number of aromatic amines is 1. The van der Waals surface area contributed by atoms with E-state index in [9.17, 15) is 4.79 Å². The molecule has 0 fully saturated rings. The van der Waals surface area contributed by atoms with Crippen LogP contribution in [0, 0.1) is 0 Å². The van der Waals surface area contributed by atoms with Gasteiger partial charge in [0.15, 0.2) is 0 Å². The first-order chi connectivity index (χ1) is 19.7. The van der Waals surface area contributed by atoms with Gasteiger partial charge < -0.3 is 20.4 Å². The van der Waals surface area contributed by atoms with Crippen LogP contribution in [0.5, 0.6) is 5.75 Å². The van der Waals surface area contributed by atoms with Gasteiger partial charge in [-0.25, -0.2) is 0 Å².